The van der Waals surface area contributed by atoms with Gasteiger partial charge in [0, 0.05) is 22.0 Å². The number of rotatable bonds is 4. The Labute approximate surface area is 190 Å². The first-order valence-electron chi connectivity index (χ1n) is 10.2. The van der Waals surface area contributed by atoms with Gasteiger partial charge in [0.15, 0.2) is 5.82 Å². The third-order valence-electron chi connectivity index (χ3n) is 5.35. The number of benzene rings is 3. The second kappa shape index (κ2) is 8.32. The molecule has 1 aliphatic rings. The Kier molecular flexibility index (Phi) is 5.21. The van der Waals surface area contributed by atoms with Crippen LogP contribution in [0.1, 0.15) is 18.5 Å². The Morgan fingerprint density at radius 1 is 0.969 bits per heavy atom. The number of aromatic nitrogens is 3. The van der Waals surface area contributed by atoms with Crippen molar-refractivity contribution in [2.24, 2.45) is 0 Å². The fraction of sp³-hybridized carbons (Fsp3) is 0.0800. The SMILES string of the molecule is CC1=C(C(=O)Nc2ccccc2)C(c2ccccc2)n2nc(-c3ccc(Cl)cc3)nc2N1. The van der Waals surface area contributed by atoms with Crippen LogP contribution in [-0.2, 0) is 4.79 Å². The molecule has 1 amide bonds. The molecule has 6 nitrogen and oxygen atoms in total. The van der Waals surface area contributed by atoms with E-state index < -0.39 is 6.04 Å². The average Bonchev–Trinajstić information content (AvgIpc) is 3.23. The Balaban J connectivity index is 1.59. The zero-order valence-electron chi connectivity index (χ0n) is 17.3. The van der Waals surface area contributed by atoms with Crippen LogP contribution in [0.4, 0.5) is 11.6 Å². The van der Waals surface area contributed by atoms with Crippen molar-refractivity contribution in [3.05, 3.63) is 107 Å². The summed E-state index contributed by atoms with van der Waals surface area (Å²) in [4.78, 5) is 18.1. The first-order chi connectivity index (χ1) is 15.6. The van der Waals surface area contributed by atoms with Crippen LogP contribution in [0, 0.1) is 0 Å². The maximum absolute atomic E-state index is 13.4. The van der Waals surface area contributed by atoms with E-state index in [0.717, 1.165) is 22.5 Å². The molecule has 0 saturated heterocycles. The maximum atomic E-state index is 13.4. The van der Waals surface area contributed by atoms with Crippen molar-refractivity contribution in [1.29, 1.82) is 0 Å². The van der Waals surface area contributed by atoms with Crippen LogP contribution in [0.2, 0.25) is 5.02 Å². The van der Waals surface area contributed by atoms with Gasteiger partial charge in [-0.05, 0) is 48.9 Å². The van der Waals surface area contributed by atoms with Crippen LogP contribution < -0.4 is 10.6 Å². The molecule has 3 aromatic carbocycles. The molecular weight excluding hydrogens is 422 g/mol. The summed E-state index contributed by atoms with van der Waals surface area (Å²) >= 11 is 6.03. The number of hydrogen-bond donors (Lipinski definition) is 2. The summed E-state index contributed by atoms with van der Waals surface area (Å²) in [5, 5.41) is 11.7. The maximum Gasteiger partial charge on any atom is 0.255 e. The summed E-state index contributed by atoms with van der Waals surface area (Å²) < 4.78 is 1.77. The smallest absolute Gasteiger partial charge is 0.255 e. The van der Waals surface area contributed by atoms with Crippen molar-refractivity contribution < 1.29 is 4.79 Å². The summed E-state index contributed by atoms with van der Waals surface area (Å²) in [5.41, 5.74) is 3.84. The zero-order chi connectivity index (χ0) is 22.1. The normalized spacial score (nSPS) is 15.1. The second-order valence-electron chi connectivity index (χ2n) is 7.51. The molecule has 5 rings (SSSR count). The highest BCUT2D eigenvalue weighted by molar-refractivity contribution is 6.30. The lowest BCUT2D eigenvalue weighted by Gasteiger charge is -2.28. The molecule has 1 aromatic heterocycles. The van der Waals surface area contributed by atoms with Crippen LogP contribution in [-0.4, -0.2) is 20.7 Å². The number of fused-ring (bicyclic) bond motifs is 1. The molecule has 7 heteroatoms. The predicted octanol–water partition coefficient (Wildman–Crippen LogP) is 5.53. The van der Waals surface area contributed by atoms with Crippen molar-refractivity contribution in [2.75, 3.05) is 10.6 Å². The van der Waals surface area contributed by atoms with Crippen LogP contribution in [0.15, 0.2) is 96.2 Å². The van der Waals surface area contributed by atoms with E-state index in [0.29, 0.717) is 22.4 Å². The van der Waals surface area contributed by atoms with Crippen LogP contribution in [0.3, 0.4) is 0 Å². The average molecular weight is 442 g/mol. The van der Waals surface area contributed by atoms with Gasteiger partial charge in [0.1, 0.15) is 6.04 Å². The topological polar surface area (TPSA) is 71.8 Å². The Bertz CT molecular complexity index is 1300. The number of halogens is 1. The molecular formula is C25H20ClN5O. The number of para-hydroxylation sites is 1. The predicted molar refractivity (Wildman–Crippen MR) is 126 cm³/mol. The first kappa shape index (κ1) is 20.0. The zero-order valence-corrected chi connectivity index (χ0v) is 18.0. The van der Waals surface area contributed by atoms with Gasteiger partial charge >= 0.3 is 0 Å². The van der Waals surface area contributed by atoms with Crippen molar-refractivity contribution in [2.45, 2.75) is 13.0 Å². The van der Waals surface area contributed by atoms with E-state index in [1.807, 2.05) is 79.7 Å². The number of amides is 1. The number of nitrogens with zero attached hydrogens (tertiary/aromatic N) is 3. The molecule has 0 spiro atoms. The molecule has 0 fully saturated rings. The van der Waals surface area contributed by atoms with Gasteiger partial charge in [0.25, 0.3) is 5.91 Å². The Hall–Kier alpha value is -3.90. The van der Waals surface area contributed by atoms with Gasteiger partial charge in [0.05, 0.1) is 5.57 Å². The Morgan fingerprint density at radius 3 is 2.31 bits per heavy atom. The molecule has 0 bridgehead atoms. The number of carbonyl (C=O) groups is 1. The standard InChI is InChI=1S/C25H20ClN5O/c1-16-21(24(32)28-20-10-6-3-7-11-20)22(17-8-4-2-5-9-17)31-25(27-16)29-23(30-31)18-12-14-19(26)15-13-18/h2-15,22H,1H3,(H,28,32)(H,27,29,30). The van der Waals surface area contributed by atoms with Gasteiger partial charge in [-0.2, -0.15) is 4.98 Å². The largest absolute Gasteiger partial charge is 0.328 e. The molecule has 0 radical (unpaired) electrons. The van der Waals surface area contributed by atoms with Crippen molar-refractivity contribution >= 4 is 29.1 Å². The quantitative estimate of drug-likeness (QED) is 0.437. The van der Waals surface area contributed by atoms with Crippen LogP contribution in [0.5, 0.6) is 0 Å². The van der Waals surface area contributed by atoms with Gasteiger partial charge in [-0.1, -0.05) is 60.1 Å². The van der Waals surface area contributed by atoms with E-state index in [1.165, 1.54) is 0 Å². The van der Waals surface area contributed by atoms with Crippen LogP contribution in [0.25, 0.3) is 11.4 Å². The lowest BCUT2D eigenvalue weighted by atomic mass is 9.95. The molecule has 0 saturated carbocycles. The number of hydrogen-bond acceptors (Lipinski definition) is 4. The molecule has 2 N–H and O–H groups in total. The second-order valence-corrected chi connectivity index (χ2v) is 7.94. The van der Waals surface area contributed by atoms with E-state index in [4.69, 9.17) is 16.7 Å². The van der Waals surface area contributed by atoms with Crippen LogP contribution >= 0.6 is 11.6 Å². The summed E-state index contributed by atoms with van der Waals surface area (Å²) in [7, 11) is 0. The molecule has 1 unspecified atom stereocenters. The third kappa shape index (κ3) is 3.76. The highest BCUT2D eigenvalue weighted by atomic mass is 35.5. The van der Waals surface area contributed by atoms with Gasteiger partial charge < -0.3 is 10.6 Å². The molecule has 0 aliphatic carbocycles. The van der Waals surface area contributed by atoms with E-state index in [1.54, 1.807) is 16.8 Å². The molecule has 158 valence electrons. The number of anilines is 2. The number of allylic oxidation sites excluding steroid dienone is 1. The van der Waals surface area contributed by atoms with Gasteiger partial charge in [-0.15, -0.1) is 5.10 Å². The fourth-order valence-corrected chi connectivity index (χ4v) is 3.96. The van der Waals surface area contributed by atoms with Crippen molar-refractivity contribution in [3.8, 4) is 11.4 Å². The first-order valence-corrected chi connectivity index (χ1v) is 10.6. The molecule has 1 aliphatic heterocycles. The van der Waals surface area contributed by atoms with E-state index in [-0.39, 0.29) is 5.91 Å². The molecule has 32 heavy (non-hydrogen) atoms. The minimum absolute atomic E-state index is 0.191. The van der Waals surface area contributed by atoms with E-state index >= 15 is 0 Å². The number of carbonyl (C=O) groups excluding carboxylic acids is 1. The van der Waals surface area contributed by atoms with Gasteiger partial charge in [0.2, 0.25) is 5.95 Å². The van der Waals surface area contributed by atoms with Crippen molar-refractivity contribution in [1.82, 2.24) is 14.8 Å². The van der Waals surface area contributed by atoms with Gasteiger partial charge in [-0.25, -0.2) is 4.68 Å². The summed E-state index contributed by atoms with van der Waals surface area (Å²) in [6.45, 7) is 1.88. The van der Waals surface area contributed by atoms with E-state index in [2.05, 4.69) is 15.6 Å². The lowest BCUT2D eigenvalue weighted by Crippen LogP contribution is -2.31. The highest BCUT2D eigenvalue weighted by Crippen LogP contribution is 2.36. The van der Waals surface area contributed by atoms with E-state index in [9.17, 15) is 4.79 Å². The highest BCUT2D eigenvalue weighted by Gasteiger charge is 2.34. The fourth-order valence-electron chi connectivity index (χ4n) is 3.83. The molecule has 1 atom stereocenters. The van der Waals surface area contributed by atoms with Gasteiger partial charge in [-0.3, -0.25) is 4.79 Å². The molecule has 2 heterocycles. The lowest BCUT2D eigenvalue weighted by molar-refractivity contribution is -0.113. The summed E-state index contributed by atoms with van der Waals surface area (Å²) in [5.74, 6) is 0.949. The van der Waals surface area contributed by atoms with Crippen molar-refractivity contribution in [3.63, 3.8) is 0 Å². The third-order valence-corrected chi connectivity index (χ3v) is 5.60. The summed E-state index contributed by atoms with van der Waals surface area (Å²) in [6, 6.07) is 26.2. The minimum Gasteiger partial charge on any atom is -0.328 e. The minimum atomic E-state index is -0.426. The number of nitrogens with one attached hydrogen (secondary N) is 2. The monoisotopic (exact) mass is 441 g/mol. The summed E-state index contributed by atoms with van der Waals surface area (Å²) in [6.07, 6.45) is 0. The Morgan fingerprint density at radius 2 is 1.62 bits per heavy atom. The molecule has 4 aromatic rings.